The molecule has 2 aromatic heterocycles. The lowest BCUT2D eigenvalue weighted by molar-refractivity contribution is 0.240. The summed E-state index contributed by atoms with van der Waals surface area (Å²) in [5, 5.41) is 5.26. The zero-order chi connectivity index (χ0) is 15.9. The molecule has 124 valence electrons. The van der Waals surface area contributed by atoms with E-state index >= 15 is 0 Å². The van der Waals surface area contributed by atoms with Crippen LogP contribution in [0.3, 0.4) is 0 Å². The number of anilines is 1. The van der Waals surface area contributed by atoms with Crippen LogP contribution in [0.5, 0.6) is 0 Å². The summed E-state index contributed by atoms with van der Waals surface area (Å²) in [6, 6.07) is 8.34. The molecule has 0 amide bonds. The van der Waals surface area contributed by atoms with Crippen LogP contribution in [0, 0.1) is 0 Å². The fourth-order valence-electron chi connectivity index (χ4n) is 3.12. The number of nitrogens with zero attached hydrogens (tertiary/aromatic N) is 5. The Morgan fingerprint density at radius 3 is 2.71 bits per heavy atom. The van der Waals surface area contributed by atoms with Crippen molar-refractivity contribution in [1.29, 1.82) is 0 Å². The molecule has 0 spiro atoms. The van der Waals surface area contributed by atoms with Crippen LogP contribution < -0.4 is 4.90 Å². The first-order chi connectivity index (χ1) is 11.8. The molecule has 6 nitrogen and oxygen atoms in total. The van der Waals surface area contributed by atoms with Gasteiger partial charge < -0.3 is 9.42 Å². The topological polar surface area (TPSA) is 58.3 Å². The van der Waals surface area contributed by atoms with Crippen LogP contribution in [0.15, 0.2) is 28.8 Å². The van der Waals surface area contributed by atoms with Gasteiger partial charge in [0, 0.05) is 32.1 Å². The van der Waals surface area contributed by atoms with Gasteiger partial charge in [0.25, 0.3) is 0 Å². The largest absolute Gasteiger partial charge is 0.345 e. The van der Waals surface area contributed by atoms with Crippen LogP contribution in [0.1, 0.15) is 30.5 Å². The molecule has 7 heteroatoms. The van der Waals surface area contributed by atoms with Gasteiger partial charge in [0.15, 0.2) is 11.0 Å². The Morgan fingerprint density at radius 1 is 1.08 bits per heavy atom. The molecule has 0 atom stereocenters. The molecule has 1 aliphatic carbocycles. The van der Waals surface area contributed by atoms with Gasteiger partial charge >= 0.3 is 0 Å². The molecular weight excluding hydrogens is 322 g/mol. The lowest BCUT2D eigenvalue weighted by Crippen LogP contribution is -2.46. The van der Waals surface area contributed by atoms with E-state index < -0.39 is 0 Å². The molecule has 2 aliphatic rings. The minimum absolute atomic E-state index is 0.530. The SMILES string of the molecule is c1ccc2sc(N3CCN(Cc4noc(C5CC5)n4)CC3)nc2c1. The molecule has 0 bridgehead atoms. The lowest BCUT2D eigenvalue weighted by Gasteiger charge is -2.33. The first kappa shape index (κ1) is 14.4. The van der Waals surface area contributed by atoms with Crippen LogP contribution in [-0.2, 0) is 6.54 Å². The van der Waals surface area contributed by atoms with Gasteiger partial charge in [-0.3, -0.25) is 4.90 Å². The fourth-order valence-corrected chi connectivity index (χ4v) is 4.14. The number of fused-ring (bicyclic) bond motifs is 1. The first-order valence-corrected chi connectivity index (χ1v) is 9.32. The number of thiazole rings is 1. The normalized spacial score (nSPS) is 19.2. The molecule has 24 heavy (non-hydrogen) atoms. The summed E-state index contributed by atoms with van der Waals surface area (Å²) in [7, 11) is 0. The maximum Gasteiger partial charge on any atom is 0.229 e. The summed E-state index contributed by atoms with van der Waals surface area (Å²) in [4.78, 5) is 14.1. The Bertz CT molecular complexity index is 814. The van der Waals surface area contributed by atoms with E-state index in [0.29, 0.717) is 5.92 Å². The third-order valence-electron chi connectivity index (χ3n) is 4.70. The molecule has 5 rings (SSSR count). The molecule has 3 heterocycles. The standard InChI is InChI=1S/C17H19N5OS/c1-2-4-14-13(3-1)18-17(24-14)22-9-7-21(8-10-22)11-15-19-16(23-20-15)12-5-6-12/h1-4,12H,5-11H2. The highest BCUT2D eigenvalue weighted by Crippen LogP contribution is 2.38. The Hall–Kier alpha value is -1.99. The van der Waals surface area contributed by atoms with Gasteiger partial charge in [0.2, 0.25) is 5.89 Å². The monoisotopic (exact) mass is 341 g/mol. The molecule has 0 unspecified atom stereocenters. The molecule has 1 saturated heterocycles. The van der Waals surface area contributed by atoms with Crippen molar-refractivity contribution in [2.45, 2.75) is 25.3 Å². The Labute approximate surface area is 144 Å². The van der Waals surface area contributed by atoms with Crippen molar-refractivity contribution >= 4 is 26.7 Å². The fraction of sp³-hybridized carbons (Fsp3) is 0.471. The predicted octanol–water partition coefficient (Wildman–Crippen LogP) is 2.88. The van der Waals surface area contributed by atoms with E-state index in [1.165, 1.54) is 17.5 Å². The summed E-state index contributed by atoms with van der Waals surface area (Å²) in [5.41, 5.74) is 1.10. The van der Waals surface area contributed by atoms with Crippen molar-refractivity contribution in [3.05, 3.63) is 36.0 Å². The first-order valence-electron chi connectivity index (χ1n) is 8.50. The third-order valence-corrected chi connectivity index (χ3v) is 5.80. The Morgan fingerprint density at radius 2 is 1.92 bits per heavy atom. The average molecular weight is 341 g/mol. The van der Waals surface area contributed by atoms with Gasteiger partial charge in [-0.2, -0.15) is 4.98 Å². The molecule has 1 aromatic carbocycles. The Kier molecular flexibility index (Phi) is 3.48. The Balaban J connectivity index is 1.21. The second-order valence-corrected chi connectivity index (χ2v) is 7.56. The number of hydrogen-bond acceptors (Lipinski definition) is 7. The lowest BCUT2D eigenvalue weighted by atomic mass is 10.3. The summed E-state index contributed by atoms with van der Waals surface area (Å²) < 4.78 is 6.61. The highest BCUT2D eigenvalue weighted by Gasteiger charge is 2.30. The number of hydrogen-bond donors (Lipinski definition) is 0. The second kappa shape index (κ2) is 5.82. The van der Waals surface area contributed by atoms with Gasteiger partial charge in [-0.1, -0.05) is 28.6 Å². The van der Waals surface area contributed by atoms with Crippen molar-refractivity contribution in [2.75, 3.05) is 31.1 Å². The number of piperazine rings is 1. The van der Waals surface area contributed by atoms with Crippen LogP contribution in [0.25, 0.3) is 10.2 Å². The highest BCUT2D eigenvalue weighted by atomic mass is 32.1. The van der Waals surface area contributed by atoms with E-state index in [-0.39, 0.29) is 0 Å². The average Bonchev–Trinajstić information content (AvgIpc) is 3.20. The van der Waals surface area contributed by atoms with Gasteiger partial charge in [-0.15, -0.1) is 0 Å². The zero-order valence-corrected chi connectivity index (χ0v) is 14.2. The number of benzene rings is 1. The van der Waals surface area contributed by atoms with Crippen molar-refractivity contribution in [2.24, 2.45) is 0 Å². The summed E-state index contributed by atoms with van der Waals surface area (Å²) in [6.45, 7) is 4.77. The maximum atomic E-state index is 5.35. The summed E-state index contributed by atoms with van der Waals surface area (Å²) >= 11 is 1.78. The maximum absolute atomic E-state index is 5.35. The number of para-hydroxylation sites is 1. The number of rotatable bonds is 4. The van der Waals surface area contributed by atoms with Crippen LogP contribution in [-0.4, -0.2) is 46.2 Å². The third kappa shape index (κ3) is 2.78. The molecule has 3 aromatic rings. The van der Waals surface area contributed by atoms with Crippen LogP contribution in [0.4, 0.5) is 5.13 Å². The van der Waals surface area contributed by atoms with Crippen molar-refractivity contribution in [3.8, 4) is 0 Å². The molecule has 0 N–H and O–H groups in total. The van der Waals surface area contributed by atoms with Gasteiger partial charge in [0.1, 0.15) is 0 Å². The van der Waals surface area contributed by atoms with E-state index in [9.17, 15) is 0 Å². The van der Waals surface area contributed by atoms with E-state index in [4.69, 9.17) is 9.51 Å². The van der Waals surface area contributed by atoms with Crippen molar-refractivity contribution in [3.63, 3.8) is 0 Å². The smallest absolute Gasteiger partial charge is 0.229 e. The molecule has 1 aliphatic heterocycles. The van der Waals surface area contributed by atoms with Crippen molar-refractivity contribution in [1.82, 2.24) is 20.0 Å². The minimum Gasteiger partial charge on any atom is -0.345 e. The highest BCUT2D eigenvalue weighted by molar-refractivity contribution is 7.22. The van der Waals surface area contributed by atoms with Gasteiger partial charge in [-0.05, 0) is 25.0 Å². The van der Waals surface area contributed by atoms with E-state index in [1.54, 1.807) is 11.3 Å². The second-order valence-electron chi connectivity index (χ2n) is 6.55. The molecule has 2 fully saturated rings. The zero-order valence-electron chi connectivity index (χ0n) is 13.4. The van der Waals surface area contributed by atoms with E-state index in [0.717, 1.165) is 55.1 Å². The molecule has 1 saturated carbocycles. The van der Waals surface area contributed by atoms with E-state index in [2.05, 4.69) is 38.1 Å². The van der Waals surface area contributed by atoms with E-state index in [1.807, 2.05) is 6.07 Å². The number of aromatic nitrogens is 3. The van der Waals surface area contributed by atoms with Crippen LogP contribution >= 0.6 is 11.3 Å². The molecular formula is C17H19N5OS. The van der Waals surface area contributed by atoms with Gasteiger partial charge in [-0.25, -0.2) is 4.98 Å². The van der Waals surface area contributed by atoms with Crippen LogP contribution in [0.2, 0.25) is 0 Å². The summed E-state index contributed by atoms with van der Waals surface area (Å²) in [5.74, 6) is 2.19. The minimum atomic E-state index is 0.530. The quantitative estimate of drug-likeness (QED) is 0.727. The van der Waals surface area contributed by atoms with Crippen molar-refractivity contribution < 1.29 is 4.52 Å². The molecule has 0 radical (unpaired) electrons. The summed E-state index contributed by atoms with van der Waals surface area (Å²) in [6.07, 6.45) is 2.39. The predicted molar refractivity (Wildman–Crippen MR) is 93.4 cm³/mol. The van der Waals surface area contributed by atoms with Gasteiger partial charge in [0.05, 0.1) is 16.8 Å².